The molecule has 0 atom stereocenters. The maximum absolute atomic E-state index is 11.4. The third-order valence-electron chi connectivity index (χ3n) is 2.95. The Balaban J connectivity index is 2.02. The summed E-state index contributed by atoms with van der Waals surface area (Å²) in [5.41, 5.74) is 3.22. The molecular weight excluding hydrogens is 242 g/mol. The molecule has 102 valence electrons. The Labute approximate surface area is 112 Å². The van der Waals surface area contributed by atoms with Crippen LogP contribution in [-0.4, -0.2) is 40.6 Å². The summed E-state index contributed by atoms with van der Waals surface area (Å²) in [5.74, 6) is -0.191. The minimum Gasteiger partial charge on any atom is -0.465 e. The Kier molecular flexibility index (Phi) is 4.16. The van der Waals surface area contributed by atoms with E-state index in [4.69, 9.17) is 4.74 Å². The number of aryl methyl sites for hydroxylation is 1. The van der Waals surface area contributed by atoms with Gasteiger partial charge < -0.3 is 9.30 Å². The molecule has 0 fully saturated rings. The maximum atomic E-state index is 11.4. The zero-order chi connectivity index (χ0) is 13.8. The largest absolute Gasteiger partial charge is 0.465 e. The van der Waals surface area contributed by atoms with Crippen molar-refractivity contribution in [1.82, 2.24) is 14.5 Å². The van der Waals surface area contributed by atoms with Crippen LogP contribution >= 0.6 is 0 Å². The molecule has 0 amide bonds. The van der Waals surface area contributed by atoms with E-state index in [2.05, 4.69) is 23.2 Å². The standard InChI is InChI=1S/C14H19N3O2/c1-4-19-14(18)9-16(2)8-11-5-6-13-12(7-11)15-10-17(13)3/h5-7,10H,4,8-9H2,1-3H3. The molecule has 0 N–H and O–H groups in total. The second-order valence-corrected chi connectivity index (χ2v) is 4.66. The Morgan fingerprint density at radius 2 is 2.26 bits per heavy atom. The van der Waals surface area contributed by atoms with Crippen molar-refractivity contribution < 1.29 is 9.53 Å². The van der Waals surface area contributed by atoms with E-state index in [1.54, 1.807) is 6.33 Å². The molecule has 0 spiro atoms. The first-order valence-corrected chi connectivity index (χ1v) is 6.34. The van der Waals surface area contributed by atoms with E-state index in [0.29, 0.717) is 19.7 Å². The number of aromatic nitrogens is 2. The van der Waals surface area contributed by atoms with Gasteiger partial charge >= 0.3 is 5.97 Å². The first kappa shape index (κ1) is 13.5. The van der Waals surface area contributed by atoms with Gasteiger partial charge in [0.25, 0.3) is 0 Å². The van der Waals surface area contributed by atoms with Gasteiger partial charge in [0.1, 0.15) is 0 Å². The van der Waals surface area contributed by atoms with E-state index in [9.17, 15) is 4.79 Å². The highest BCUT2D eigenvalue weighted by atomic mass is 16.5. The number of ether oxygens (including phenoxy) is 1. The summed E-state index contributed by atoms with van der Waals surface area (Å²) in [4.78, 5) is 17.6. The molecule has 0 aliphatic heterocycles. The number of nitrogens with zero attached hydrogens (tertiary/aromatic N) is 3. The van der Waals surface area contributed by atoms with Crippen molar-refractivity contribution in [2.45, 2.75) is 13.5 Å². The molecular formula is C14H19N3O2. The highest BCUT2D eigenvalue weighted by molar-refractivity contribution is 5.76. The molecule has 0 saturated carbocycles. The van der Waals surface area contributed by atoms with Gasteiger partial charge in [0.2, 0.25) is 0 Å². The summed E-state index contributed by atoms with van der Waals surface area (Å²) < 4.78 is 6.92. The molecule has 19 heavy (non-hydrogen) atoms. The van der Waals surface area contributed by atoms with Crippen LogP contribution in [0.3, 0.4) is 0 Å². The molecule has 0 saturated heterocycles. The predicted octanol–water partition coefficient (Wildman–Crippen LogP) is 1.57. The molecule has 5 nitrogen and oxygen atoms in total. The van der Waals surface area contributed by atoms with Crippen molar-refractivity contribution in [3.8, 4) is 0 Å². The van der Waals surface area contributed by atoms with Crippen LogP contribution in [0.2, 0.25) is 0 Å². The van der Waals surface area contributed by atoms with Crippen LogP contribution in [0.4, 0.5) is 0 Å². The third kappa shape index (κ3) is 3.32. The van der Waals surface area contributed by atoms with Gasteiger partial charge in [-0.05, 0) is 31.7 Å². The average molecular weight is 261 g/mol. The van der Waals surface area contributed by atoms with Crippen molar-refractivity contribution in [3.05, 3.63) is 30.1 Å². The molecule has 2 aromatic rings. The van der Waals surface area contributed by atoms with Gasteiger partial charge in [0.15, 0.2) is 0 Å². The topological polar surface area (TPSA) is 47.4 Å². The summed E-state index contributed by atoms with van der Waals surface area (Å²) in [5, 5.41) is 0. The van der Waals surface area contributed by atoms with Crippen molar-refractivity contribution >= 4 is 17.0 Å². The first-order chi connectivity index (χ1) is 9.10. The predicted molar refractivity (Wildman–Crippen MR) is 73.7 cm³/mol. The molecule has 1 heterocycles. The van der Waals surface area contributed by atoms with Crippen LogP contribution in [0.25, 0.3) is 11.0 Å². The minimum atomic E-state index is -0.191. The monoisotopic (exact) mass is 261 g/mol. The number of esters is 1. The molecule has 0 unspecified atom stereocenters. The molecule has 5 heteroatoms. The number of hydrogen-bond donors (Lipinski definition) is 0. The Bertz CT molecular complexity index is 577. The van der Waals surface area contributed by atoms with Crippen molar-refractivity contribution in [2.24, 2.45) is 7.05 Å². The van der Waals surface area contributed by atoms with Gasteiger partial charge in [0, 0.05) is 13.6 Å². The van der Waals surface area contributed by atoms with E-state index in [1.807, 2.05) is 30.5 Å². The number of hydrogen-bond acceptors (Lipinski definition) is 4. The number of imidazole rings is 1. The lowest BCUT2D eigenvalue weighted by molar-refractivity contribution is -0.144. The Morgan fingerprint density at radius 3 is 3.00 bits per heavy atom. The SMILES string of the molecule is CCOC(=O)CN(C)Cc1ccc2c(c1)ncn2C. The van der Waals surface area contributed by atoms with E-state index in [-0.39, 0.29) is 5.97 Å². The molecule has 1 aromatic carbocycles. The van der Waals surface area contributed by atoms with E-state index in [1.165, 1.54) is 0 Å². The molecule has 0 bridgehead atoms. The van der Waals surface area contributed by atoms with E-state index in [0.717, 1.165) is 16.6 Å². The number of rotatable bonds is 5. The number of benzene rings is 1. The van der Waals surface area contributed by atoms with Crippen LogP contribution in [0.5, 0.6) is 0 Å². The lowest BCUT2D eigenvalue weighted by Gasteiger charge is -2.15. The van der Waals surface area contributed by atoms with Gasteiger partial charge in [-0.3, -0.25) is 9.69 Å². The van der Waals surface area contributed by atoms with Crippen molar-refractivity contribution in [3.63, 3.8) is 0 Å². The van der Waals surface area contributed by atoms with Crippen LogP contribution in [0, 0.1) is 0 Å². The summed E-state index contributed by atoms with van der Waals surface area (Å²) in [7, 11) is 3.88. The fourth-order valence-corrected chi connectivity index (χ4v) is 2.07. The third-order valence-corrected chi connectivity index (χ3v) is 2.95. The minimum absolute atomic E-state index is 0.191. The maximum Gasteiger partial charge on any atom is 0.320 e. The second-order valence-electron chi connectivity index (χ2n) is 4.66. The average Bonchev–Trinajstić information content (AvgIpc) is 2.70. The molecule has 1 aromatic heterocycles. The molecule has 0 radical (unpaired) electrons. The fourth-order valence-electron chi connectivity index (χ4n) is 2.07. The van der Waals surface area contributed by atoms with Crippen LogP contribution in [0.1, 0.15) is 12.5 Å². The van der Waals surface area contributed by atoms with Gasteiger partial charge in [-0.1, -0.05) is 6.07 Å². The molecule has 0 aliphatic rings. The molecule has 2 rings (SSSR count). The second kappa shape index (κ2) is 5.84. The van der Waals surface area contributed by atoms with Crippen molar-refractivity contribution in [2.75, 3.05) is 20.2 Å². The van der Waals surface area contributed by atoms with E-state index < -0.39 is 0 Å². The summed E-state index contributed by atoms with van der Waals surface area (Å²) in [6.45, 7) is 3.24. The zero-order valence-corrected chi connectivity index (χ0v) is 11.6. The van der Waals surface area contributed by atoms with Gasteiger partial charge in [0.05, 0.1) is 30.5 Å². The number of carbonyl (C=O) groups is 1. The quantitative estimate of drug-likeness (QED) is 0.766. The van der Waals surface area contributed by atoms with Crippen LogP contribution in [-0.2, 0) is 23.1 Å². The fraction of sp³-hybridized carbons (Fsp3) is 0.429. The Morgan fingerprint density at radius 1 is 1.47 bits per heavy atom. The summed E-state index contributed by atoms with van der Waals surface area (Å²) in [6, 6.07) is 6.17. The molecule has 0 aliphatic carbocycles. The smallest absolute Gasteiger partial charge is 0.320 e. The van der Waals surface area contributed by atoms with Gasteiger partial charge in [-0.25, -0.2) is 4.98 Å². The number of fused-ring (bicyclic) bond motifs is 1. The van der Waals surface area contributed by atoms with Crippen molar-refractivity contribution in [1.29, 1.82) is 0 Å². The van der Waals surface area contributed by atoms with Gasteiger partial charge in [-0.15, -0.1) is 0 Å². The lowest BCUT2D eigenvalue weighted by atomic mass is 10.2. The first-order valence-electron chi connectivity index (χ1n) is 6.34. The highest BCUT2D eigenvalue weighted by Crippen LogP contribution is 2.14. The van der Waals surface area contributed by atoms with Crippen LogP contribution in [0.15, 0.2) is 24.5 Å². The summed E-state index contributed by atoms with van der Waals surface area (Å²) >= 11 is 0. The van der Waals surface area contributed by atoms with E-state index >= 15 is 0 Å². The Hall–Kier alpha value is -1.88. The van der Waals surface area contributed by atoms with Crippen LogP contribution < -0.4 is 0 Å². The summed E-state index contributed by atoms with van der Waals surface area (Å²) in [6.07, 6.45) is 1.80. The number of carbonyl (C=O) groups excluding carboxylic acids is 1. The number of likely N-dealkylation sites (N-methyl/N-ethyl adjacent to an activating group) is 1. The lowest BCUT2D eigenvalue weighted by Crippen LogP contribution is -2.26. The zero-order valence-electron chi connectivity index (χ0n) is 11.6. The highest BCUT2D eigenvalue weighted by Gasteiger charge is 2.08. The normalized spacial score (nSPS) is 11.2. The van der Waals surface area contributed by atoms with Gasteiger partial charge in [-0.2, -0.15) is 0 Å².